The van der Waals surface area contributed by atoms with Crippen LogP contribution in [-0.2, 0) is 11.3 Å². The van der Waals surface area contributed by atoms with E-state index in [4.69, 9.17) is 14.6 Å². The Morgan fingerprint density at radius 1 is 1.43 bits per heavy atom. The number of rotatable bonds is 8. The molecular weight excluding hydrogens is 347 g/mol. The van der Waals surface area contributed by atoms with Gasteiger partial charge in [-0.2, -0.15) is 0 Å². The quantitative estimate of drug-likeness (QED) is 0.392. The van der Waals surface area contributed by atoms with Gasteiger partial charge in [-0.3, -0.25) is 0 Å². The minimum absolute atomic E-state index is 0.0331. The van der Waals surface area contributed by atoms with Crippen molar-refractivity contribution in [2.75, 3.05) is 14.2 Å². The van der Waals surface area contributed by atoms with E-state index in [1.807, 2.05) is 0 Å². The molecule has 0 heterocycles. The molecule has 21 heavy (non-hydrogen) atoms. The fourth-order valence-electron chi connectivity index (χ4n) is 1.69. The number of ether oxygens (including phenoxy) is 2. The fourth-order valence-corrected chi connectivity index (χ4v) is 2.28. The Morgan fingerprint density at radius 2 is 2.00 bits per heavy atom. The Balaban J connectivity index is 3.09. The molecule has 1 atom stereocenters. The third-order valence-corrected chi connectivity index (χ3v) is 3.57. The van der Waals surface area contributed by atoms with E-state index in [1.165, 1.54) is 26.4 Å². The summed E-state index contributed by atoms with van der Waals surface area (Å²) in [4.78, 5) is 21.5. The van der Waals surface area contributed by atoms with E-state index < -0.39 is 16.9 Å². The molecule has 116 valence electrons. The normalized spacial score (nSPS) is 11.8. The number of carboxylic acid groups (broad SMARTS) is 1. The van der Waals surface area contributed by atoms with Crippen molar-refractivity contribution in [1.29, 1.82) is 0 Å². The molecule has 0 aliphatic heterocycles. The van der Waals surface area contributed by atoms with Crippen molar-refractivity contribution in [2.45, 2.75) is 17.9 Å². The van der Waals surface area contributed by atoms with Gasteiger partial charge in [-0.1, -0.05) is 0 Å². The number of methoxy groups -OCH3 is 2. The van der Waals surface area contributed by atoms with E-state index >= 15 is 0 Å². The predicted octanol–water partition coefficient (Wildman–Crippen LogP) is 0.474. The first-order valence-corrected chi connectivity index (χ1v) is 7.23. The van der Waals surface area contributed by atoms with Crippen LogP contribution < -0.4 is 14.8 Å². The average Bonchev–Trinajstić information content (AvgIpc) is 2.46. The van der Waals surface area contributed by atoms with Gasteiger partial charge in [-0.25, -0.2) is 0 Å². The predicted molar refractivity (Wildman–Crippen MR) is 76.4 cm³/mol. The van der Waals surface area contributed by atoms with Crippen molar-refractivity contribution in [1.82, 2.24) is 5.32 Å². The Hall–Kier alpha value is -1.83. The summed E-state index contributed by atoms with van der Waals surface area (Å²) < 4.78 is 10.1. The molecule has 1 rings (SSSR count). The second-order valence-corrected chi connectivity index (χ2v) is 4.81. The maximum atomic E-state index is 11.1. The van der Waals surface area contributed by atoms with E-state index in [1.54, 1.807) is 0 Å². The van der Waals surface area contributed by atoms with Gasteiger partial charge in [0.2, 0.25) is 0 Å². The van der Waals surface area contributed by atoms with Crippen LogP contribution in [0.15, 0.2) is 12.1 Å². The fraction of sp³-hybridized carbons (Fsp3) is 0.417. The number of hydrogen-bond donors (Lipinski definition) is 2. The molecule has 0 saturated carbocycles. The monoisotopic (exact) mass is 364 g/mol. The first-order valence-electron chi connectivity index (χ1n) is 5.90. The molecule has 0 radical (unpaired) electrons. The number of aliphatic carboxylic acids is 1. The van der Waals surface area contributed by atoms with Crippen LogP contribution in [-0.4, -0.2) is 52.3 Å². The summed E-state index contributed by atoms with van der Waals surface area (Å²) >= 11 is 2.17. The zero-order valence-electron chi connectivity index (χ0n) is 11.5. The van der Waals surface area contributed by atoms with Crippen LogP contribution in [0.25, 0.3) is 0 Å². The summed E-state index contributed by atoms with van der Waals surface area (Å²) in [5.74, 6) is -0.423. The van der Waals surface area contributed by atoms with Gasteiger partial charge in [0.15, 0.2) is 0 Å². The van der Waals surface area contributed by atoms with Gasteiger partial charge in [0.25, 0.3) is 0 Å². The zero-order chi connectivity index (χ0) is 16.0. The second kappa shape index (κ2) is 7.82. The van der Waals surface area contributed by atoms with Gasteiger partial charge in [0, 0.05) is 0 Å². The Morgan fingerprint density at radius 3 is 2.43 bits per heavy atom. The molecule has 8 nitrogen and oxygen atoms in total. The first-order chi connectivity index (χ1) is 9.94. The second-order valence-electron chi connectivity index (χ2n) is 4.05. The van der Waals surface area contributed by atoms with Gasteiger partial charge in [-0.15, -0.1) is 0 Å². The van der Waals surface area contributed by atoms with Crippen molar-refractivity contribution < 1.29 is 24.3 Å². The number of nitro benzene ring substituents is 1. The number of nitro groups is 1. The van der Waals surface area contributed by atoms with Crippen molar-refractivity contribution in [3.8, 4) is 11.5 Å². The summed E-state index contributed by atoms with van der Waals surface area (Å²) in [5.41, 5.74) is 0.166. The summed E-state index contributed by atoms with van der Waals surface area (Å²) in [5, 5.41) is 23.1. The van der Waals surface area contributed by atoms with Crippen molar-refractivity contribution in [3.63, 3.8) is 0 Å². The number of nitrogens with zero attached hydrogens (tertiary/aromatic N) is 1. The number of nitrogens with one attached hydrogen (secondary N) is 1. The first kappa shape index (κ1) is 17.2. The molecule has 9 heteroatoms. The number of benzene rings is 1. The molecule has 2 N–H and O–H groups in total. The van der Waals surface area contributed by atoms with Crippen LogP contribution in [0.1, 0.15) is 5.56 Å². The maximum absolute atomic E-state index is 11.1. The van der Waals surface area contributed by atoms with E-state index in [2.05, 4.69) is 21.3 Å². The Kier molecular flexibility index (Phi) is 6.41. The van der Waals surface area contributed by atoms with Gasteiger partial charge in [0.1, 0.15) is 0 Å². The Labute approximate surface area is 129 Å². The summed E-state index contributed by atoms with van der Waals surface area (Å²) in [7, 11) is 2.80. The molecule has 0 aliphatic carbocycles. The van der Waals surface area contributed by atoms with Crippen LogP contribution in [0.3, 0.4) is 0 Å². The summed E-state index contributed by atoms with van der Waals surface area (Å²) in [6, 6.07) is 1.93. The zero-order valence-corrected chi connectivity index (χ0v) is 13.4. The van der Waals surface area contributed by atoms with Crippen molar-refractivity contribution in [3.05, 3.63) is 27.8 Å². The van der Waals surface area contributed by atoms with Crippen LogP contribution in [0.2, 0.25) is 5.32 Å². The van der Waals surface area contributed by atoms with E-state index in [0.717, 1.165) is 0 Å². The van der Waals surface area contributed by atoms with Crippen molar-refractivity contribution in [2.24, 2.45) is 0 Å². The minimum atomic E-state index is -1.02. The Bertz CT molecular complexity index is 537. The number of carboxylic acids is 1. The third kappa shape index (κ3) is 4.32. The molecule has 0 bridgehead atoms. The summed E-state index contributed by atoms with van der Waals surface area (Å²) in [6.07, 6.45) is 0. The van der Waals surface area contributed by atoms with E-state index in [0.29, 0.717) is 16.6 Å². The number of hydrogen-bond acceptors (Lipinski definition) is 6. The molecule has 1 unspecified atom stereocenters. The van der Waals surface area contributed by atoms with Gasteiger partial charge in [-0.05, 0) is 0 Å². The van der Waals surface area contributed by atoms with Gasteiger partial charge < -0.3 is 0 Å². The molecule has 0 fully saturated rings. The topological polar surface area (TPSA) is 111 Å². The molecular formula is C12H16N2O6Se. The molecule has 1 aromatic carbocycles. The molecule has 1 aromatic rings. The summed E-state index contributed by atoms with van der Waals surface area (Å²) in [6.45, 7) is 0.0331. The van der Waals surface area contributed by atoms with E-state index in [-0.39, 0.29) is 18.0 Å². The standard InChI is InChI=1S/C12H16N2O6Se/c1-19-10-3-7(5-13-8(6-21)12(15)16)9(14(17)18)4-11(10)20-2/h3-4,8,13,21H,5-6H2,1-2H3,(H,15,16). The van der Waals surface area contributed by atoms with Gasteiger partial charge >= 0.3 is 129 Å². The molecule has 0 spiro atoms. The third-order valence-electron chi connectivity index (χ3n) is 2.80. The molecule has 0 aromatic heterocycles. The van der Waals surface area contributed by atoms with Crippen LogP contribution in [0.4, 0.5) is 5.69 Å². The number of carbonyl (C=O) groups is 1. The average molecular weight is 363 g/mol. The SMILES string of the molecule is COc1cc(CNC(C[SeH])C(=O)O)c([N+](=O)[O-])cc1OC. The van der Waals surface area contributed by atoms with Crippen LogP contribution >= 0.6 is 0 Å². The van der Waals surface area contributed by atoms with Crippen molar-refractivity contribution >= 4 is 27.7 Å². The molecule has 0 amide bonds. The van der Waals surface area contributed by atoms with Crippen LogP contribution in [0.5, 0.6) is 11.5 Å². The molecule has 0 saturated heterocycles. The van der Waals surface area contributed by atoms with E-state index in [9.17, 15) is 14.9 Å². The van der Waals surface area contributed by atoms with Crippen LogP contribution in [0, 0.1) is 10.1 Å². The molecule has 0 aliphatic rings. The van der Waals surface area contributed by atoms with Gasteiger partial charge in [0.05, 0.1) is 0 Å².